The molecule has 0 N–H and O–H groups in total. The molecule has 1 aromatic carbocycles. The van der Waals surface area contributed by atoms with E-state index in [0.717, 1.165) is 15.3 Å². The fraction of sp³-hybridized carbons (Fsp3) is 0.200. The average molecular weight is 465 g/mol. The van der Waals surface area contributed by atoms with Gasteiger partial charge < -0.3 is 14.4 Å². The first kappa shape index (κ1) is 22.0. The zero-order chi connectivity index (χ0) is 22.2. The first-order valence-electron chi connectivity index (χ1n) is 10.4. The number of carbonyl (C=O) groups excluding carboxylic acids is 1. The Bertz CT molecular complexity index is 1080. The van der Waals surface area contributed by atoms with E-state index in [4.69, 9.17) is 9.47 Å². The van der Waals surface area contributed by atoms with Crippen molar-refractivity contribution < 1.29 is 14.3 Å². The van der Waals surface area contributed by atoms with Crippen LogP contribution in [0.1, 0.15) is 32.6 Å². The number of aromatic nitrogens is 1. The Balaban J connectivity index is 1.55. The zero-order valence-corrected chi connectivity index (χ0v) is 19.4. The van der Waals surface area contributed by atoms with Crippen LogP contribution in [0.3, 0.4) is 0 Å². The third kappa shape index (κ3) is 5.75. The van der Waals surface area contributed by atoms with Gasteiger partial charge in [-0.1, -0.05) is 18.2 Å². The molecule has 0 aliphatic carbocycles. The van der Waals surface area contributed by atoms with Gasteiger partial charge in [-0.2, -0.15) is 0 Å². The maximum absolute atomic E-state index is 13.5. The molecule has 0 spiro atoms. The van der Waals surface area contributed by atoms with E-state index in [2.05, 4.69) is 17.1 Å². The van der Waals surface area contributed by atoms with Crippen LogP contribution in [0.15, 0.2) is 77.8 Å². The smallest absolute Gasteiger partial charge is 0.254 e. The molecule has 4 rings (SSSR count). The number of amides is 1. The minimum absolute atomic E-state index is 0.0356. The predicted molar refractivity (Wildman–Crippen MR) is 128 cm³/mol. The number of rotatable bonds is 10. The van der Waals surface area contributed by atoms with Crippen molar-refractivity contribution in [2.24, 2.45) is 0 Å². The molecule has 32 heavy (non-hydrogen) atoms. The summed E-state index contributed by atoms with van der Waals surface area (Å²) in [6, 6.07) is 17.4. The Hall–Kier alpha value is -3.16. The minimum Gasteiger partial charge on any atom is -0.490 e. The molecule has 4 aromatic rings. The van der Waals surface area contributed by atoms with Gasteiger partial charge in [-0.05, 0) is 54.1 Å². The molecular formula is C25H24N2O3S2. The van der Waals surface area contributed by atoms with E-state index >= 15 is 0 Å². The maximum Gasteiger partial charge on any atom is 0.254 e. The van der Waals surface area contributed by atoms with Crippen LogP contribution in [-0.4, -0.2) is 22.4 Å². The summed E-state index contributed by atoms with van der Waals surface area (Å²) in [7, 11) is 0. The standard InChI is InChI=1S/C25H24N2O3S2/c1-2-29-24-14-20(9-10-23(24)30-18-19-6-3-11-26-15-19)25(28)27(16-21-7-4-12-31-21)17-22-8-5-13-32-22/h3-15H,2,16-18H2,1H3. The third-order valence-electron chi connectivity index (χ3n) is 4.75. The number of hydrogen-bond donors (Lipinski definition) is 0. The van der Waals surface area contributed by atoms with Gasteiger partial charge in [-0.25, -0.2) is 0 Å². The summed E-state index contributed by atoms with van der Waals surface area (Å²) in [5.41, 5.74) is 1.54. The van der Waals surface area contributed by atoms with Gasteiger partial charge in [0.25, 0.3) is 5.91 Å². The van der Waals surface area contributed by atoms with Crippen LogP contribution in [0.4, 0.5) is 0 Å². The summed E-state index contributed by atoms with van der Waals surface area (Å²) in [5, 5.41) is 4.06. The minimum atomic E-state index is -0.0356. The van der Waals surface area contributed by atoms with Crippen LogP contribution in [0.5, 0.6) is 11.5 Å². The lowest BCUT2D eigenvalue weighted by Crippen LogP contribution is -2.29. The van der Waals surface area contributed by atoms with Crippen LogP contribution in [0.25, 0.3) is 0 Å². The number of pyridine rings is 1. The Morgan fingerprint density at radius 1 is 0.938 bits per heavy atom. The van der Waals surface area contributed by atoms with E-state index in [1.54, 1.807) is 47.2 Å². The quantitative estimate of drug-likeness (QED) is 0.288. The highest BCUT2D eigenvalue weighted by atomic mass is 32.1. The van der Waals surface area contributed by atoms with Gasteiger partial charge in [-0.15, -0.1) is 22.7 Å². The van der Waals surface area contributed by atoms with E-state index in [9.17, 15) is 4.79 Å². The molecule has 0 aliphatic rings. The Labute approximate surface area is 195 Å². The molecule has 0 saturated heterocycles. The van der Waals surface area contributed by atoms with Gasteiger partial charge in [0, 0.05) is 33.3 Å². The molecule has 164 valence electrons. The molecule has 0 fully saturated rings. The summed E-state index contributed by atoms with van der Waals surface area (Å²) in [6.45, 7) is 3.91. The van der Waals surface area contributed by atoms with Crippen molar-refractivity contribution in [1.82, 2.24) is 9.88 Å². The SMILES string of the molecule is CCOc1cc(C(=O)N(Cc2cccs2)Cc2cccs2)ccc1OCc1cccnc1. The topological polar surface area (TPSA) is 51.7 Å². The van der Waals surface area contributed by atoms with E-state index in [0.29, 0.717) is 43.4 Å². The largest absolute Gasteiger partial charge is 0.490 e. The van der Waals surface area contributed by atoms with Gasteiger partial charge in [0.15, 0.2) is 11.5 Å². The molecule has 0 bridgehead atoms. The molecule has 3 aromatic heterocycles. The summed E-state index contributed by atoms with van der Waals surface area (Å²) < 4.78 is 11.8. The Kier molecular flexibility index (Phi) is 7.53. The number of ether oxygens (including phenoxy) is 2. The number of thiophene rings is 2. The fourth-order valence-electron chi connectivity index (χ4n) is 3.24. The molecule has 0 aliphatic heterocycles. The van der Waals surface area contributed by atoms with Crippen LogP contribution in [-0.2, 0) is 19.7 Å². The van der Waals surface area contributed by atoms with Crippen molar-refractivity contribution in [3.63, 3.8) is 0 Å². The van der Waals surface area contributed by atoms with Crippen LogP contribution >= 0.6 is 22.7 Å². The van der Waals surface area contributed by atoms with Crippen molar-refractivity contribution in [1.29, 1.82) is 0 Å². The molecule has 3 heterocycles. The fourth-order valence-corrected chi connectivity index (χ4v) is 4.68. The van der Waals surface area contributed by atoms with Gasteiger partial charge in [0.05, 0.1) is 19.7 Å². The number of nitrogens with zero attached hydrogens (tertiary/aromatic N) is 2. The van der Waals surface area contributed by atoms with E-state index in [-0.39, 0.29) is 5.91 Å². The molecule has 5 nitrogen and oxygen atoms in total. The molecule has 0 radical (unpaired) electrons. The van der Waals surface area contributed by atoms with Crippen LogP contribution < -0.4 is 9.47 Å². The molecule has 0 unspecified atom stereocenters. The Morgan fingerprint density at radius 3 is 2.28 bits per heavy atom. The van der Waals surface area contributed by atoms with Crippen LogP contribution in [0.2, 0.25) is 0 Å². The molecular weight excluding hydrogens is 440 g/mol. The van der Waals surface area contributed by atoms with Gasteiger partial charge in [0.2, 0.25) is 0 Å². The lowest BCUT2D eigenvalue weighted by atomic mass is 10.1. The number of benzene rings is 1. The lowest BCUT2D eigenvalue weighted by molar-refractivity contribution is 0.0733. The first-order chi connectivity index (χ1) is 15.7. The van der Waals surface area contributed by atoms with E-state index in [1.807, 2.05) is 52.9 Å². The van der Waals surface area contributed by atoms with Gasteiger partial charge >= 0.3 is 0 Å². The highest BCUT2D eigenvalue weighted by molar-refractivity contribution is 7.10. The van der Waals surface area contributed by atoms with Crippen molar-refractivity contribution >= 4 is 28.6 Å². The van der Waals surface area contributed by atoms with Crippen molar-refractivity contribution in [2.45, 2.75) is 26.6 Å². The van der Waals surface area contributed by atoms with E-state index < -0.39 is 0 Å². The summed E-state index contributed by atoms with van der Waals surface area (Å²) >= 11 is 3.31. The molecule has 0 atom stereocenters. The Morgan fingerprint density at radius 2 is 1.69 bits per heavy atom. The zero-order valence-electron chi connectivity index (χ0n) is 17.8. The van der Waals surface area contributed by atoms with Crippen molar-refractivity contribution in [3.8, 4) is 11.5 Å². The third-order valence-corrected chi connectivity index (χ3v) is 6.47. The van der Waals surface area contributed by atoms with E-state index in [1.165, 1.54) is 0 Å². The molecule has 7 heteroatoms. The van der Waals surface area contributed by atoms with Gasteiger partial charge in [0.1, 0.15) is 6.61 Å². The summed E-state index contributed by atoms with van der Waals surface area (Å²) in [6.07, 6.45) is 3.50. The molecule has 1 amide bonds. The highest BCUT2D eigenvalue weighted by Gasteiger charge is 2.20. The second-order valence-electron chi connectivity index (χ2n) is 7.06. The maximum atomic E-state index is 13.5. The van der Waals surface area contributed by atoms with Gasteiger partial charge in [-0.3, -0.25) is 9.78 Å². The lowest BCUT2D eigenvalue weighted by Gasteiger charge is -2.22. The highest BCUT2D eigenvalue weighted by Crippen LogP contribution is 2.30. The second kappa shape index (κ2) is 10.9. The predicted octanol–water partition coefficient (Wildman–Crippen LogP) is 6.02. The number of carbonyl (C=O) groups is 1. The van der Waals surface area contributed by atoms with Crippen LogP contribution in [0, 0.1) is 0 Å². The van der Waals surface area contributed by atoms with Crippen molar-refractivity contribution in [3.05, 3.63) is 98.6 Å². The molecule has 0 saturated carbocycles. The monoisotopic (exact) mass is 464 g/mol. The average Bonchev–Trinajstić information content (AvgIpc) is 3.53. The van der Waals surface area contributed by atoms with Crippen molar-refractivity contribution in [2.75, 3.05) is 6.61 Å². The first-order valence-corrected chi connectivity index (χ1v) is 12.1. The number of hydrogen-bond acceptors (Lipinski definition) is 6. The normalized spacial score (nSPS) is 10.7. The summed E-state index contributed by atoms with van der Waals surface area (Å²) in [4.78, 5) is 21.8. The second-order valence-corrected chi connectivity index (χ2v) is 9.13. The summed E-state index contributed by atoms with van der Waals surface area (Å²) in [5.74, 6) is 1.14.